The molecule has 2 aliphatic carbocycles. The third-order valence-electron chi connectivity index (χ3n) is 7.87. The summed E-state index contributed by atoms with van der Waals surface area (Å²) in [6.07, 6.45) is 2.55. The van der Waals surface area contributed by atoms with Gasteiger partial charge >= 0.3 is 0 Å². The van der Waals surface area contributed by atoms with Gasteiger partial charge in [-0.1, -0.05) is 46.8 Å². The lowest BCUT2D eigenvalue weighted by atomic mass is 9.70. The fraction of sp³-hybridized carbons (Fsp3) is 0.708. The average Bonchev–Trinajstić information content (AvgIpc) is 2.94. The SMILES string of the molecule is CC12CCC(C(S(=O)(=O)O)C1=O)C2(C)C.CC[C@@H](c1cccc(O)c1)[C@@H](C)CN(C)C. The van der Waals surface area contributed by atoms with Gasteiger partial charge in [0.25, 0.3) is 10.1 Å². The predicted octanol–water partition coefficient (Wildman–Crippen LogP) is 4.35. The van der Waals surface area contributed by atoms with E-state index in [1.807, 2.05) is 32.9 Å². The molecule has 2 saturated carbocycles. The molecule has 1 aromatic rings. The first-order valence-electron chi connectivity index (χ1n) is 11.1. The van der Waals surface area contributed by atoms with Crippen LogP contribution in [-0.2, 0) is 14.9 Å². The number of benzene rings is 1. The summed E-state index contributed by atoms with van der Waals surface area (Å²) in [5, 5.41) is 8.32. The van der Waals surface area contributed by atoms with Gasteiger partial charge in [-0.25, -0.2) is 0 Å². The van der Waals surface area contributed by atoms with Crippen LogP contribution >= 0.6 is 0 Å². The van der Waals surface area contributed by atoms with Gasteiger partial charge in [0.2, 0.25) is 0 Å². The Morgan fingerprint density at radius 2 is 1.84 bits per heavy atom. The maximum atomic E-state index is 12.0. The maximum absolute atomic E-state index is 12.0. The van der Waals surface area contributed by atoms with Gasteiger partial charge in [0.15, 0.2) is 5.78 Å². The third-order valence-corrected chi connectivity index (χ3v) is 9.06. The van der Waals surface area contributed by atoms with Crippen molar-refractivity contribution in [1.82, 2.24) is 4.90 Å². The molecule has 2 N–H and O–H groups in total. The molecule has 2 aliphatic rings. The molecule has 31 heavy (non-hydrogen) atoms. The highest BCUT2D eigenvalue weighted by atomic mass is 32.2. The van der Waals surface area contributed by atoms with E-state index in [0.717, 1.165) is 19.4 Å². The molecule has 0 amide bonds. The molecule has 176 valence electrons. The summed E-state index contributed by atoms with van der Waals surface area (Å²) < 4.78 is 31.5. The van der Waals surface area contributed by atoms with Crippen molar-refractivity contribution in [1.29, 1.82) is 0 Å². The molecule has 2 bridgehead atoms. The molecule has 2 fully saturated rings. The number of rotatable bonds is 6. The lowest BCUT2D eigenvalue weighted by molar-refractivity contribution is -0.128. The molecule has 3 unspecified atom stereocenters. The van der Waals surface area contributed by atoms with Crippen molar-refractivity contribution in [3.8, 4) is 5.75 Å². The van der Waals surface area contributed by atoms with Crippen LogP contribution in [0.5, 0.6) is 5.75 Å². The topological polar surface area (TPSA) is 94.9 Å². The normalized spacial score (nSPS) is 28.9. The second-order valence-electron chi connectivity index (χ2n) is 10.3. The van der Waals surface area contributed by atoms with Crippen molar-refractivity contribution in [2.24, 2.45) is 22.7 Å². The molecule has 3 rings (SSSR count). The molecule has 0 heterocycles. The fourth-order valence-electron chi connectivity index (χ4n) is 5.77. The molecule has 0 spiro atoms. The molecular formula is C24H39NO5S. The van der Waals surface area contributed by atoms with E-state index in [2.05, 4.69) is 38.9 Å². The Kier molecular flexibility index (Phi) is 7.66. The summed E-state index contributed by atoms with van der Waals surface area (Å²) in [6.45, 7) is 11.2. The Balaban J connectivity index is 0.000000220. The Bertz CT molecular complexity index is 895. The number of hydrogen-bond donors (Lipinski definition) is 2. The summed E-state index contributed by atoms with van der Waals surface area (Å²) in [7, 11) is -0.0356. The Hall–Kier alpha value is -1.44. The van der Waals surface area contributed by atoms with Gasteiger partial charge in [0.05, 0.1) is 0 Å². The highest BCUT2D eigenvalue weighted by molar-refractivity contribution is 7.87. The molecule has 5 atom stereocenters. The zero-order chi connectivity index (χ0) is 23.8. The van der Waals surface area contributed by atoms with Gasteiger partial charge in [-0.15, -0.1) is 0 Å². The Labute approximate surface area is 187 Å². The summed E-state index contributed by atoms with van der Waals surface area (Å²) >= 11 is 0. The predicted molar refractivity (Wildman–Crippen MR) is 124 cm³/mol. The van der Waals surface area contributed by atoms with Crippen molar-refractivity contribution in [3.63, 3.8) is 0 Å². The maximum Gasteiger partial charge on any atom is 0.275 e. The molecule has 0 aromatic heterocycles. The minimum Gasteiger partial charge on any atom is -0.508 e. The van der Waals surface area contributed by atoms with Crippen molar-refractivity contribution in [2.45, 2.75) is 65.0 Å². The Morgan fingerprint density at radius 3 is 2.23 bits per heavy atom. The van der Waals surface area contributed by atoms with Gasteiger partial charge in [-0.2, -0.15) is 8.42 Å². The number of aromatic hydroxyl groups is 1. The number of fused-ring (bicyclic) bond motifs is 2. The van der Waals surface area contributed by atoms with E-state index in [-0.39, 0.29) is 17.1 Å². The molecule has 1 aromatic carbocycles. The van der Waals surface area contributed by atoms with E-state index in [4.69, 9.17) is 4.55 Å². The first kappa shape index (κ1) is 25.8. The van der Waals surface area contributed by atoms with Crippen LogP contribution in [0.2, 0.25) is 0 Å². The number of phenolic OH excluding ortho intramolecular Hbond substituents is 1. The largest absolute Gasteiger partial charge is 0.508 e. The van der Waals surface area contributed by atoms with Crippen LogP contribution in [0.3, 0.4) is 0 Å². The second kappa shape index (κ2) is 9.20. The van der Waals surface area contributed by atoms with E-state index >= 15 is 0 Å². The number of carbonyl (C=O) groups is 1. The number of Topliss-reactive ketones (excluding diaryl/α,β-unsaturated/α-hetero) is 1. The minimum atomic E-state index is -4.24. The van der Waals surface area contributed by atoms with Crippen molar-refractivity contribution < 1.29 is 22.9 Å². The first-order valence-corrected chi connectivity index (χ1v) is 12.6. The van der Waals surface area contributed by atoms with Gasteiger partial charge in [-0.3, -0.25) is 9.35 Å². The highest BCUT2D eigenvalue weighted by Gasteiger charge is 2.69. The van der Waals surface area contributed by atoms with Crippen LogP contribution in [0, 0.1) is 22.7 Å². The van der Waals surface area contributed by atoms with Crippen LogP contribution in [0.25, 0.3) is 0 Å². The van der Waals surface area contributed by atoms with Crippen LogP contribution in [0.1, 0.15) is 65.4 Å². The molecule has 6 nitrogen and oxygen atoms in total. The Morgan fingerprint density at radius 1 is 1.23 bits per heavy atom. The van der Waals surface area contributed by atoms with E-state index < -0.39 is 20.8 Å². The monoisotopic (exact) mass is 453 g/mol. The van der Waals surface area contributed by atoms with Crippen LogP contribution < -0.4 is 0 Å². The van der Waals surface area contributed by atoms with Crippen molar-refractivity contribution >= 4 is 15.9 Å². The number of carbonyl (C=O) groups excluding carboxylic acids is 1. The molecular weight excluding hydrogens is 414 g/mol. The van der Waals surface area contributed by atoms with E-state index in [0.29, 0.717) is 24.0 Å². The van der Waals surface area contributed by atoms with Crippen LogP contribution in [-0.4, -0.2) is 54.7 Å². The number of phenols is 1. The minimum absolute atomic E-state index is 0.231. The summed E-state index contributed by atoms with van der Waals surface area (Å²) in [4.78, 5) is 14.2. The standard InChI is InChI=1S/C14H23NO.C10H16O4S/c1-5-14(11(2)10-15(3)4)12-7-6-8-13(16)9-12;1-9(2)6-4-5-10(9,3)8(11)7(6)15(12,13)14/h6-9,11,14,16H,5,10H2,1-4H3;6-7H,4-5H2,1-3H3,(H,12,13,14)/t11-,14+;/m0./s1. The zero-order valence-electron chi connectivity index (χ0n) is 19.9. The molecule has 0 aliphatic heterocycles. The van der Waals surface area contributed by atoms with Crippen LogP contribution in [0.4, 0.5) is 0 Å². The quantitative estimate of drug-likeness (QED) is 0.622. The smallest absolute Gasteiger partial charge is 0.275 e. The second-order valence-corrected chi connectivity index (χ2v) is 11.9. The number of nitrogens with zero attached hydrogens (tertiary/aromatic N) is 1. The van der Waals surface area contributed by atoms with E-state index in [9.17, 15) is 18.3 Å². The number of ketones is 1. The summed E-state index contributed by atoms with van der Waals surface area (Å²) in [6, 6.07) is 7.66. The van der Waals surface area contributed by atoms with Crippen molar-refractivity contribution in [3.05, 3.63) is 29.8 Å². The van der Waals surface area contributed by atoms with Gasteiger partial charge in [0.1, 0.15) is 11.0 Å². The highest BCUT2D eigenvalue weighted by Crippen LogP contribution is 2.64. The summed E-state index contributed by atoms with van der Waals surface area (Å²) in [5.41, 5.74) is 0.333. The van der Waals surface area contributed by atoms with Gasteiger partial charge in [0, 0.05) is 12.0 Å². The van der Waals surface area contributed by atoms with E-state index in [1.165, 1.54) is 5.56 Å². The molecule has 7 heteroatoms. The number of hydrogen-bond acceptors (Lipinski definition) is 5. The van der Waals surface area contributed by atoms with Gasteiger partial charge in [-0.05, 0) is 74.2 Å². The summed E-state index contributed by atoms with van der Waals surface area (Å²) in [5.74, 6) is 0.959. The molecule has 0 radical (unpaired) electrons. The third kappa shape index (κ3) is 4.99. The first-order chi connectivity index (χ1) is 14.2. The average molecular weight is 454 g/mol. The van der Waals surface area contributed by atoms with Crippen LogP contribution in [0.15, 0.2) is 24.3 Å². The lowest BCUT2D eigenvalue weighted by Gasteiger charge is -2.32. The zero-order valence-corrected chi connectivity index (χ0v) is 20.7. The van der Waals surface area contributed by atoms with Crippen molar-refractivity contribution in [2.75, 3.05) is 20.6 Å². The molecule has 0 saturated heterocycles. The fourth-order valence-corrected chi connectivity index (χ4v) is 7.19. The lowest BCUT2D eigenvalue weighted by Crippen LogP contribution is -2.38. The van der Waals surface area contributed by atoms with E-state index in [1.54, 1.807) is 6.07 Å². The van der Waals surface area contributed by atoms with Gasteiger partial charge < -0.3 is 10.0 Å².